The van der Waals surface area contributed by atoms with Crippen molar-refractivity contribution in [3.05, 3.63) is 101 Å². The minimum Gasteiger partial charge on any atom is -0.354 e. The number of carbonyl (C=O) groups is 2. The molecule has 214 valence electrons. The van der Waals surface area contributed by atoms with Crippen LogP contribution in [0.3, 0.4) is 0 Å². The second-order valence-electron chi connectivity index (χ2n) is 9.83. The van der Waals surface area contributed by atoms with Gasteiger partial charge in [-0.1, -0.05) is 73.7 Å². The summed E-state index contributed by atoms with van der Waals surface area (Å²) in [5.74, 6) is -1.13. The van der Waals surface area contributed by atoms with Crippen molar-refractivity contribution in [3.8, 4) is 0 Å². The molecule has 0 fully saturated rings. The number of hydrogen-bond donors (Lipinski definition) is 1. The van der Waals surface area contributed by atoms with Crippen molar-refractivity contribution in [3.63, 3.8) is 0 Å². The SMILES string of the molecule is CCCNC(=O)C(Cc1ccccc1)N(Cc1ccccc1F)C(=O)CCCN(c1ccccc1C)S(C)(=O)=O. The molecule has 3 aromatic rings. The molecule has 3 aromatic carbocycles. The smallest absolute Gasteiger partial charge is 0.243 e. The van der Waals surface area contributed by atoms with Crippen LogP contribution in [0.5, 0.6) is 0 Å². The molecule has 1 atom stereocenters. The third-order valence-electron chi connectivity index (χ3n) is 6.66. The van der Waals surface area contributed by atoms with Crippen molar-refractivity contribution in [2.75, 3.05) is 23.7 Å². The van der Waals surface area contributed by atoms with Crippen molar-refractivity contribution in [2.45, 2.75) is 52.1 Å². The summed E-state index contributed by atoms with van der Waals surface area (Å²) in [6.07, 6.45) is 2.33. The van der Waals surface area contributed by atoms with Gasteiger partial charge >= 0.3 is 0 Å². The van der Waals surface area contributed by atoms with Gasteiger partial charge in [-0.3, -0.25) is 13.9 Å². The predicted octanol–water partition coefficient (Wildman–Crippen LogP) is 4.85. The van der Waals surface area contributed by atoms with Gasteiger partial charge in [0.05, 0.1) is 11.9 Å². The Morgan fingerprint density at radius 2 is 1.60 bits per heavy atom. The maximum Gasteiger partial charge on any atom is 0.243 e. The van der Waals surface area contributed by atoms with Gasteiger partial charge in [0.25, 0.3) is 0 Å². The van der Waals surface area contributed by atoms with Gasteiger partial charge in [-0.2, -0.15) is 0 Å². The summed E-state index contributed by atoms with van der Waals surface area (Å²) in [4.78, 5) is 28.6. The third-order valence-corrected chi connectivity index (χ3v) is 7.84. The third kappa shape index (κ3) is 8.64. The number of hydrogen-bond acceptors (Lipinski definition) is 4. The van der Waals surface area contributed by atoms with Gasteiger partial charge in [0, 0.05) is 38.0 Å². The minimum atomic E-state index is -3.60. The Kier molecular flexibility index (Phi) is 11.3. The number of nitrogens with zero attached hydrogens (tertiary/aromatic N) is 2. The van der Waals surface area contributed by atoms with Crippen LogP contribution < -0.4 is 9.62 Å². The molecule has 0 spiro atoms. The molecular formula is C31H38FN3O4S. The monoisotopic (exact) mass is 567 g/mol. The summed E-state index contributed by atoms with van der Waals surface area (Å²) in [6, 6.07) is 21.9. The Morgan fingerprint density at radius 3 is 2.25 bits per heavy atom. The molecule has 2 amide bonds. The van der Waals surface area contributed by atoms with E-state index in [9.17, 15) is 22.4 Å². The van der Waals surface area contributed by atoms with E-state index in [1.165, 1.54) is 15.3 Å². The number of anilines is 1. The highest BCUT2D eigenvalue weighted by atomic mass is 32.2. The fourth-order valence-electron chi connectivity index (χ4n) is 4.56. The van der Waals surface area contributed by atoms with Gasteiger partial charge in [-0.25, -0.2) is 12.8 Å². The van der Waals surface area contributed by atoms with E-state index in [4.69, 9.17) is 0 Å². The van der Waals surface area contributed by atoms with Crippen LogP contribution in [0.25, 0.3) is 0 Å². The molecule has 40 heavy (non-hydrogen) atoms. The normalized spacial score (nSPS) is 12.0. The quantitative estimate of drug-likeness (QED) is 0.302. The fraction of sp³-hybridized carbons (Fsp3) is 0.355. The molecule has 0 saturated heterocycles. The average Bonchev–Trinajstić information content (AvgIpc) is 2.93. The second-order valence-corrected chi connectivity index (χ2v) is 11.7. The number of benzene rings is 3. The molecule has 3 rings (SSSR count). The lowest BCUT2D eigenvalue weighted by Gasteiger charge is -2.32. The number of para-hydroxylation sites is 1. The molecule has 9 heteroatoms. The van der Waals surface area contributed by atoms with E-state index in [0.29, 0.717) is 17.8 Å². The molecule has 0 heterocycles. The van der Waals surface area contributed by atoms with Crippen LogP contribution in [0.4, 0.5) is 10.1 Å². The molecular weight excluding hydrogens is 529 g/mol. The Balaban J connectivity index is 1.89. The van der Waals surface area contributed by atoms with Crippen molar-refractivity contribution in [1.29, 1.82) is 0 Å². The zero-order valence-electron chi connectivity index (χ0n) is 23.3. The number of rotatable bonds is 14. The van der Waals surface area contributed by atoms with Crippen LogP contribution in [0.15, 0.2) is 78.9 Å². The Labute approximate surface area is 237 Å². The van der Waals surface area contributed by atoms with Crippen LogP contribution in [0.2, 0.25) is 0 Å². The standard InChI is InChI=1S/C31H38FN3O4S/c1-4-20-33-31(37)29(22-25-14-6-5-7-15-25)34(23-26-16-9-10-17-27(26)32)30(36)19-12-21-35(40(3,38)39)28-18-11-8-13-24(28)2/h5-11,13-18,29H,4,12,19-23H2,1-3H3,(H,33,37). The fourth-order valence-corrected chi connectivity index (χ4v) is 5.58. The lowest BCUT2D eigenvalue weighted by atomic mass is 10.0. The lowest BCUT2D eigenvalue weighted by Crippen LogP contribution is -2.50. The zero-order chi connectivity index (χ0) is 29.1. The molecule has 0 bridgehead atoms. The van der Waals surface area contributed by atoms with E-state index in [1.807, 2.05) is 56.3 Å². The van der Waals surface area contributed by atoms with Gasteiger partial charge < -0.3 is 10.2 Å². The topological polar surface area (TPSA) is 86.8 Å². The molecule has 0 aliphatic carbocycles. The number of aryl methyl sites for hydroxylation is 1. The number of nitrogens with one attached hydrogen (secondary N) is 1. The first kappa shape index (κ1) is 30.8. The maximum atomic E-state index is 14.7. The largest absolute Gasteiger partial charge is 0.354 e. The van der Waals surface area contributed by atoms with E-state index in [0.717, 1.165) is 23.8 Å². The highest BCUT2D eigenvalue weighted by Gasteiger charge is 2.31. The molecule has 1 unspecified atom stereocenters. The van der Waals surface area contributed by atoms with E-state index >= 15 is 0 Å². The van der Waals surface area contributed by atoms with Crippen LogP contribution in [0, 0.1) is 12.7 Å². The summed E-state index contributed by atoms with van der Waals surface area (Å²) >= 11 is 0. The lowest BCUT2D eigenvalue weighted by molar-refractivity contribution is -0.141. The highest BCUT2D eigenvalue weighted by molar-refractivity contribution is 7.92. The first-order valence-electron chi connectivity index (χ1n) is 13.5. The summed E-state index contributed by atoms with van der Waals surface area (Å²) in [6.45, 7) is 4.23. The summed E-state index contributed by atoms with van der Waals surface area (Å²) < 4.78 is 41.2. The summed E-state index contributed by atoms with van der Waals surface area (Å²) in [7, 11) is -3.60. The number of halogens is 1. The number of carbonyl (C=O) groups excluding carboxylic acids is 2. The van der Waals surface area contributed by atoms with Crippen molar-refractivity contribution >= 4 is 27.5 Å². The molecule has 0 aliphatic rings. The minimum absolute atomic E-state index is 0.0152. The van der Waals surface area contributed by atoms with Crippen molar-refractivity contribution < 1.29 is 22.4 Å². The Bertz CT molecular complexity index is 1380. The number of amides is 2. The predicted molar refractivity (Wildman–Crippen MR) is 157 cm³/mol. The van der Waals surface area contributed by atoms with E-state index in [1.54, 1.807) is 30.3 Å². The van der Waals surface area contributed by atoms with E-state index in [2.05, 4.69) is 5.32 Å². The van der Waals surface area contributed by atoms with Gasteiger partial charge in [0.15, 0.2) is 0 Å². The van der Waals surface area contributed by atoms with Crippen molar-refractivity contribution in [1.82, 2.24) is 10.2 Å². The Hall–Kier alpha value is -3.72. The maximum absolute atomic E-state index is 14.7. The molecule has 0 radical (unpaired) electrons. The molecule has 0 aromatic heterocycles. The first-order valence-corrected chi connectivity index (χ1v) is 15.3. The number of sulfonamides is 1. The second kappa shape index (κ2) is 14.6. The van der Waals surface area contributed by atoms with Crippen LogP contribution >= 0.6 is 0 Å². The van der Waals surface area contributed by atoms with Crippen LogP contribution in [-0.4, -0.2) is 50.5 Å². The van der Waals surface area contributed by atoms with E-state index in [-0.39, 0.29) is 44.2 Å². The van der Waals surface area contributed by atoms with E-state index < -0.39 is 21.9 Å². The molecule has 7 nitrogen and oxygen atoms in total. The average molecular weight is 568 g/mol. The molecule has 0 aliphatic heterocycles. The molecule has 0 saturated carbocycles. The Morgan fingerprint density at radius 1 is 0.950 bits per heavy atom. The van der Waals surface area contributed by atoms with Gasteiger partial charge in [-0.05, 0) is 43.0 Å². The van der Waals surface area contributed by atoms with Gasteiger partial charge in [0.1, 0.15) is 11.9 Å². The van der Waals surface area contributed by atoms with Crippen LogP contribution in [0.1, 0.15) is 42.9 Å². The van der Waals surface area contributed by atoms with Crippen molar-refractivity contribution in [2.24, 2.45) is 0 Å². The van der Waals surface area contributed by atoms with Crippen LogP contribution in [-0.2, 0) is 32.6 Å². The molecule has 1 N–H and O–H groups in total. The van der Waals surface area contributed by atoms with Gasteiger partial charge in [0.2, 0.25) is 21.8 Å². The first-order chi connectivity index (χ1) is 19.1. The van der Waals surface area contributed by atoms with Gasteiger partial charge in [-0.15, -0.1) is 0 Å². The summed E-state index contributed by atoms with van der Waals surface area (Å²) in [5.41, 5.74) is 2.53. The summed E-state index contributed by atoms with van der Waals surface area (Å²) in [5, 5.41) is 2.90. The highest BCUT2D eigenvalue weighted by Crippen LogP contribution is 2.23. The zero-order valence-corrected chi connectivity index (χ0v) is 24.2.